The van der Waals surface area contributed by atoms with E-state index in [1.165, 1.54) is 4.57 Å². The van der Waals surface area contributed by atoms with Crippen molar-refractivity contribution in [3.05, 3.63) is 64.1 Å². The molecule has 3 aromatic rings. The van der Waals surface area contributed by atoms with Gasteiger partial charge in [0.2, 0.25) is 0 Å². The van der Waals surface area contributed by atoms with E-state index in [0.717, 1.165) is 18.2 Å². The third-order valence-electron chi connectivity index (χ3n) is 3.79. The minimum absolute atomic E-state index is 0.0969. The Bertz CT molecular complexity index is 1010. The van der Waals surface area contributed by atoms with Gasteiger partial charge in [0.1, 0.15) is 0 Å². The summed E-state index contributed by atoms with van der Waals surface area (Å²) >= 11 is 0. The molecule has 3 rings (SSSR count). The number of hydrogen-bond acceptors (Lipinski definition) is 3. The van der Waals surface area contributed by atoms with Crippen LogP contribution in [0.3, 0.4) is 0 Å². The number of nitrogens with zero attached hydrogens (tertiary/aromatic N) is 2. The average molecular weight is 346 g/mol. The number of benzene rings is 2. The molecule has 0 saturated heterocycles. The number of fused-ring (bicyclic) bond motifs is 1. The van der Waals surface area contributed by atoms with E-state index in [4.69, 9.17) is 5.26 Å². The fraction of sp³-hybridized carbons (Fsp3) is 0.176. The summed E-state index contributed by atoms with van der Waals surface area (Å²) in [7, 11) is 0. The summed E-state index contributed by atoms with van der Waals surface area (Å²) in [5, 5.41) is 11.6. The van der Waals surface area contributed by atoms with Crippen LogP contribution >= 0.6 is 0 Å². The van der Waals surface area contributed by atoms with Crippen LogP contribution in [-0.4, -0.2) is 16.1 Å². The van der Waals surface area contributed by atoms with Gasteiger partial charge in [-0.05, 0) is 30.3 Å². The van der Waals surface area contributed by atoms with E-state index >= 15 is 0 Å². The second-order valence-electron chi connectivity index (χ2n) is 5.40. The predicted octanol–water partition coefficient (Wildman–Crippen LogP) is 3.33. The number of imidazole rings is 1. The Morgan fingerprint density at radius 2 is 1.96 bits per heavy atom. The summed E-state index contributed by atoms with van der Waals surface area (Å²) in [6, 6.07) is 12.0. The third-order valence-corrected chi connectivity index (χ3v) is 3.79. The molecule has 0 radical (unpaired) electrons. The van der Waals surface area contributed by atoms with Gasteiger partial charge in [0.25, 0.3) is 0 Å². The van der Waals surface area contributed by atoms with Crippen LogP contribution in [0, 0.1) is 11.3 Å². The Hall–Kier alpha value is -3.21. The number of anilines is 1. The Morgan fingerprint density at radius 3 is 2.68 bits per heavy atom. The molecule has 0 aliphatic heterocycles. The van der Waals surface area contributed by atoms with Gasteiger partial charge in [0, 0.05) is 18.8 Å². The molecule has 0 unspecified atom stereocenters. The second kappa shape index (κ2) is 6.36. The fourth-order valence-corrected chi connectivity index (χ4v) is 2.64. The molecule has 1 aromatic heterocycles. The van der Waals surface area contributed by atoms with Gasteiger partial charge in [-0.2, -0.15) is 18.4 Å². The minimum atomic E-state index is -4.53. The Balaban J connectivity index is 1.83. The highest BCUT2D eigenvalue weighted by molar-refractivity contribution is 5.74. The van der Waals surface area contributed by atoms with E-state index in [1.54, 1.807) is 24.3 Å². The highest BCUT2D eigenvalue weighted by Crippen LogP contribution is 2.35. The van der Waals surface area contributed by atoms with E-state index in [1.807, 2.05) is 6.07 Å². The molecule has 2 aromatic carbocycles. The molecule has 5 nitrogen and oxygen atoms in total. The maximum Gasteiger partial charge on any atom is 0.418 e. The number of halogens is 3. The minimum Gasteiger partial charge on any atom is -0.383 e. The van der Waals surface area contributed by atoms with Crippen LogP contribution in [0.1, 0.15) is 11.1 Å². The first kappa shape index (κ1) is 16.6. The standard InChI is InChI=1S/C17H13F3N4O/c18-17(19,20)12-6-5-11(10-21)9-14(12)22-7-8-24-15-4-2-1-3-13(15)23-16(24)25/h1-6,9,22H,7-8H2,(H,23,25). The van der Waals surface area contributed by atoms with Crippen molar-refractivity contribution in [2.24, 2.45) is 0 Å². The highest BCUT2D eigenvalue weighted by atomic mass is 19.4. The average Bonchev–Trinajstić information content (AvgIpc) is 2.89. The van der Waals surface area contributed by atoms with E-state index in [9.17, 15) is 18.0 Å². The van der Waals surface area contributed by atoms with Crippen molar-refractivity contribution in [2.45, 2.75) is 12.7 Å². The molecule has 0 bridgehead atoms. The van der Waals surface area contributed by atoms with Crippen LogP contribution in [0.2, 0.25) is 0 Å². The van der Waals surface area contributed by atoms with Crippen LogP contribution < -0.4 is 11.0 Å². The largest absolute Gasteiger partial charge is 0.418 e. The molecular formula is C17H13F3N4O. The lowest BCUT2D eigenvalue weighted by Crippen LogP contribution is -2.22. The zero-order valence-electron chi connectivity index (χ0n) is 12.9. The van der Waals surface area contributed by atoms with Crippen molar-refractivity contribution in [1.29, 1.82) is 5.26 Å². The van der Waals surface area contributed by atoms with Crippen LogP contribution in [0.15, 0.2) is 47.3 Å². The molecule has 25 heavy (non-hydrogen) atoms. The van der Waals surface area contributed by atoms with Crippen LogP contribution in [0.4, 0.5) is 18.9 Å². The van der Waals surface area contributed by atoms with Gasteiger partial charge in [-0.15, -0.1) is 0 Å². The molecule has 0 atom stereocenters. The Morgan fingerprint density at radius 1 is 1.20 bits per heavy atom. The van der Waals surface area contributed by atoms with Gasteiger partial charge >= 0.3 is 11.9 Å². The van der Waals surface area contributed by atoms with Gasteiger partial charge in [0.15, 0.2) is 0 Å². The third kappa shape index (κ3) is 3.35. The number of nitriles is 1. The monoisotopic (exact) mass is 346 g/mol. The summed E-state index contributed by atoms with van der Waals surface area (Å²) in [4.78, 5) is 14.7. The number of alkyl halides is 3. The number of hydrogen-bond donors (Lipinski definition) is 2. The first-order valence-electron chi connectivity index (χ1n) is 7.43. The van der Waals surface area contributed by atoms with Gasteiger partial charge in [-0.3, -0.25) is 4.57 Å². The van der Waals surface area contributed by atoms with Gasteiger partial charge < -0.3 is 10.3 Å². The number of rotatable bonds is 4. The molecule has 2 N–H and O–H groups in total. The molecule has 1 heterocycles. The number of nitrogens with one attached hydrogen (secondary N) is 2. The quantitative estimate of drug-likeness (QED) is 0.761. The summed E-state index contributed by atoms with van der Waals surface area (Å²) < 4.78 is 40.7. The lowest BCUT2D eigenvalue weighted by atomic mass is 10.1. The number of H-pyrrole nitrogens is 1. The zero-order valence-corrected chi connectivity index (χ0v) is 12.9. The van der Waals surface area contributed by atoms with E-state index in [2.05, 4.69) is 10.3 Å². The molecule has 0 fully saturated rings. The molecule has 128 valence electrons. The van der Waals surface area contributed by atoms with Crippen molar-refractivity contribution >= 4 is 16.7 Å². The SMILES string of the molecule is N#Cc1ccc(C(F)(F)F)c(NCCn2c(=O)[nH]c3ccccc32)c1. The van der Waals surface area contributed by atoms with Crippen molar-refractivity contribution < 1.29 is 13.2 Å². The van der Waals surface area contributed by atoms with Crippen molar-refractivity contribution in [2.75, 3.05) is 11.9 Å². The maximum atomic E-state index is 13.1. The fourth-order valence-electron chi connectivity index (χ4n) is 2.64. The normalized spacial score (nSPS) is 11.4. The molecular weight excluding hydrogens is 333 g/mol. The Kier molecular flexibility index (Phi) is 4.23. The van der Waals surface area contributed by atoms with Gasteiger partial charge in [-0.25, -0.2) is 4.79 Å². The summed E-state index contributed by atoms with van der Waals surface area (Å²) in [6.45, 7) is 0.274. The lowest BCUT2D eigenvalue weighted by molar-refractivity contribution is -0.136. The number of aromatic amines is 1. The zero-order chi connectivity index (χ0) is 18.0. The van der Waals surface area contributed by atoms with Crippen molar-refractivity contribution in [3.8, 4) is 6.07 Å². The molecule has 0 amide bonds. The van der Waals surface area contributed by atoms with E-state index in [-0.39, 0.29) is 30.0 Å². The first-order chi connectivity index (χ1) is 11.9. The lowest BCUT2D eigenvalue weighted by Gasteiger charge is -2.15. The summed E-state index contributed by atoms with van der Waals surface area (Å²) in [6.07, 6.45) is -4.53. The smallest absolute Gasteiger partial charge is 0.383 e. The summed E-state index contributed by atoms with van der Waals surface area (Å²) in [5.41, 5.74) is 0.105. The van der Waals surface area contributed by atoms with E-state index < -0.39 is 11.7 Å². The molecule has 0 spiro atoms. The van der Waals surface area contributed by atoms with Crippen LogP contribution in [0.25, 0.3) is 11.0 Å². The second-order valence-corrected chi connectivity index (χ2v) is 5.40. The first-order valence-corrected chi connectivity index (χ1v) is 7.43. The van der Waals surface area contributed by atoms with Crippen molar-refractivity contribution in [3.63, 3.8) is 0 Å². The molecule has 8 heteroatoms. The molecule has 0 saturated carbocycles. The predicted molar refractivity (Wildman–Crippen MR) is 87.2 cm³/mol. The van der Waals surface area contributed by atoms with Crippen LogP contribution in [0.5, 0.6) is 0 Å². The van der Waals surface area contributed by atoms with E-state index in [0.29, 0.717) is 11.0 Å². The number of aromatic nitrogens is 2. The highest BCUT2D eigenvalue weighted by Gasteiger charge is 2.33. The van der Waals surface area contributed by atoms with Crippen molar-refractivity contribution in [1.82, 2.24) is 9.55 Å². The Labute approximate surface area is 140 Å². The summed E-state index contributed by atoms with van der Waals surface area (Å²) in [5.74, 6) is 0. The van der Waals surface area contributed by atoms with Gasteiger partial charge in [0.05, 0.1) is 28.2 Å². The maximum absolute atomic E-state index is 13.1. The van der Waals surface area contributed by atoms with Gasteiger partial charge in [-0.1, -0.05) is 12.1 Å². The topological polar surface area (TPSA) is 73.6 Å². The van der Waals surface area contributed by atoms with Crippen LogP contribution in [-0.2, 0) is 12.7 Å². The molecule has 0 aliphatic carbocycles. The number of para-hydroxylation sites is 2. The molecule has 0 aliphatic rings.